The maximum atomic E-state index is 13.3. The predicted octanol–water partition coefficient (Wildman–Crippen LogP) is 4.58. The zero-order chi connectivity index (χ0) is 27.1. The van der Waals surface area contributed by atoms with Crippen LogP contribution < -0.4 is 20.3 Å². The molecule has 198 valence electrons. The molecule has 0 spiro atoms. The smallest absolute Gasteiger partial charge is 0.267 e. The van der Waals surface area contributed by atoms with Crippen molar-refractivity contribution in [2.45, 2.75) is 13.0 Å². The van der Waals surface area contributed by atoms with E-state index >= 15 is 0 Å². The van der Waals surface area contributed by atoms with Gasteiger partial charge >= 0.3 is 0 Å². The van der Waals surface area contributed by atoms with Crippen molar-refractivity contribution in [1.82, 2.24) is 9.88 Å². The fourth-order valence-corrected chi connectivity index (χ4v) is 5.13. The summed E-state index contributed by atoms with van der Waals surface area (Å²) in [6, 6.07) is 6.12. The number of hydrogen-bond acceptors (Lipinski definition) is 6. The van der Waals surface area contributed by atoms with Gasteiger partial charge in [-0.25, -0.2) is 4.98 Å². The fraction of sp³-hybridized carbons (Fsp3) is 0.320. The normalized spacial score (nSPS) is 11.2. The number of nitrogens with one attached hydrogen (secondary N) is 3. The molecule has 2 aromatic heterocycles. The third-order valence-electron chi connectivity index (χ3n) is 5.40. The molecule has 1 aromatic carbocycles. The molecule has 3 rings (SSSR count). The number of quaternary nitrogens is 1. The van der Waals surface area contributed by atoms with Crippen LogP contribution in [0.1, 0.15) is 32.0 Å². The molecule has 37 heavy (non-hydrogen) atoms. The number of aromatic nitrogens is 1. The Hall–Kier alpha value is -2.40. The van der Waals surface area contributed by atoms with Gasteiger partial charge in [-0.1, -0.05) is 34.8 Å². The summed E-state index contributed by atoms with van der Waals surface area (Å²) in [6.07, 6.45) is 2.47. The molecule has 0 saturated carbocycles. The molecule has 0 unspecified atom stereocenters. The fourth-order valence-electron chi connectivity index (χ4n) is 3.57. The number of carbonyl (C=O) groups is 2. The van der Waals surface area contributed by atoms with E-state index in [9.17, 15) is 9.59 Å². The molecule has 0 aliphatic rings. The van der Waals surface area contributed by atoms with Crippen LogP contribution in [-0.4, -0.2) is 63.0 Å². The number of anilines is 2. The van der Waals surface area contributed by atoms with Gasteiger partial charge in [0.2, 0.25) is 0 Å². The Labute approximate surface area is 235 Å². The van der Waals surface area contributed by atoms with Gasteiger partial charge in [0.15, 0.2) is 0 Å². The highest BCUT2D eigenvalue weighted by Crippen LogP contribution is 2.35. The van der Waals surface area contributed by atoms with Crippen LogP contribution in [0.3, 0.4) is 0 Å². The zero-order valence-electron chi connectivity index (χ0n) is 21.0. The first-order chi connectivity index (χ1) is 17.6. The van der Waals surface area contributed by atoms with E-state index in [1.165, 1.54) is 41.7 Å². The summed E-state index contributed by atoms with van der Waals surface area (Å²) in [5, 5.41) is 8.42. The van der Waals surface area contributed by atoms with Gasteiger partial charge in [0.25, 0.3) is 11.8 Å². The minimum atomic E-state index is -0.537. The third-order valence-corrected chi connectivity index (χ3v) is 7.42. The molecule has 2 amide bonds. The summed E-state index contributed by atoms with van der Waals surface area (Å²) < 4.78 is 5.41. The molecule has 2 heterocycles. The third kappa shape index (κ3) is 8.04. The second-order valence-corrected chi connectivity index (χ2v) is 10.9. The molecule has 3 N–H and O–H groups in total. The SMILES string of the molecule is COc1cc(Cl)cc(C(=O)Nc2ccc(Cl)cn2)c1NC(=O)c1scc(CN(C)CCC[NH+](C)C)c1Cl. The molecular formula is C25H29Cl3N5O3S+. The average molecular weight is 586 g/mol. The van der Waals surface area contributed by atoms with Crippen molar-refractivity contribution in [2.75, 3.05) is 52.0 Å². The molecule has 0 fully saturated rings. The number of halogens is 3. The molecular weight excluding hydrogens is 557 g/mol. The first-order valence-electron chi connectivity index (χ1n) is 11.4. The van der Waals surface area contributed by atoms with E-state index in [-0.39, 0.29) is 27.8 Å². The topological polar surface area (TPSA) is 88.0 Å². The molecule has 8 nitrogen and oxygen atoms in total. The first-order valence-corrected chi connectivity index (χ1v) is 13.5. The molecule has 0 radical (unpaired) electrons. The van der Waals surface area contributed by atoms with Crippen LogP contribution in [0.2, 0.25) is 15.1 Å². The summed E-state index contributed by atoms with van der Waals surface area (Å²) in [5.74, 6) is -0.483. The molecule has 0 saturated heterocycles. The van der Waals surface area contributed by atoms with Crippen molar-refractivity contribution in [2.24, 2.45) is 0 Å². The van der Waals surface area contributed by atoms with Crippen molar-refractivity contribution in [3.8, 4) is 5.75 Å². The van der Waals surface area contributed by atoms with Crippen LogP contribution in [0.4, 0.5) is 11.5 Å². The van der Waals surface area contributed by atoms with Gasteiger partial charge in [-0.3, -0.25) is 9.59 Å². The number of rotatable bonds is 11. The van der Waals surface area contributed by atoms with Crippen LogP contribution >= 0.6 is 46.1 Å². The minimum Gasteiger partial charge on any atom is -0.494 e. The van der Waals surface area contributed by atoms with Gasteiger partial charge < -0.3 is 25.2 Å². The Bertz CT molecular complexity index is 1250. The summed E-state index contributed by atoms with van der Waals surface area (Å²) in [7, 11) is 7.70. The van der Waals surface area contributed by atoms with Crippen molar-refractivity contribution >= 4 is 69.5 Å². The Balaban J connectivity index is 1.80. The van der Waals surface area contributed by atoms with Crippen LogP contribution in [0.5, 0.6) is 5.75 Å². The largest absolute Gasteiger partial charge is 0.494 e. The predicted molar refractivity (Wildman–Crippen MR) is 151 cm³/mol. The maximum Gasteiger partial charge on any atom is 0.267 e. The number of methoxy groups -OCH3 is 1. The van der Waals surface area contributed by atoms with E-state index in [4.69, 9.17) is 39.5 Å². The number of amides is 2. The van der Waals surface area contributed by atoms with Crippen LogP contribution in [0.15, 0.2) is 35.8 Å². The molecule has 0 aliphatic carbocycles. The number of thiophene rings is 1. The minimum absolute atomic E-state index is 0.102. The lowest BCUT2D eigenvalue weighted by Crippen LogP contribution is -3.05. The number of carbonyl (C=O) groups excluding carboxylic acids is 2. The van der Waals surface area contributed by atoms with E-state index in [0.717, 1.165) is 25.1 Å². The average Bonchev–Trinajstić information content (AvgIpc) is 3.20. The molecule has 0 bridgehead atoms. The monoisotopic (exact) mass is 584 g/mol. The van der Waals surface area contributed by atoms with Gasteiger partial charge in [0.05, 0.1) is 49.0 Å². The lowest BCUT2D eigenvalue weighted by atomic mass is 10.1. The summed E-state index contributed by atoms with van der Waals surface area (Å²) in [6.45, 7) is 2.61. The van der Waals surface area contributed by atoms with E-state index in [1.54, 1.807) is 12.1 Å². The van der Waals surface area contributed by atoms with Crippen LogP contribution in [0, 0.1) is 0 Å². The van der Waals surface area contributed by atoms with Crippen LogP contribution in [-0.2, 0) is 6.54 Å². The van der Waals surface area contributed by atoms with Crippen molar-refractivity contribution in [1.29, 1.82) is 0 Å². The van der Waals surface area contributed by atoms with E-state index in [2.05, 4.69) is 34.6 Å². The Morgan fingerprint density at radius 1 is 1.11 bits per heavy atom. The van der Waals surface area contributed by atoms with Crippen molar-refractivity contribution in [3.63, 3.8) is 0 Å². The lowest BCUT2D eigenvalue weighted by Gasteiger charge is -2.17. The van der Waals surface area contributed by atoms with E-state index in [0.29, 0.717) is 21.5 Å². The Morgan fingerprint density at radius 3 is 2.51 bits per heavy atom. The number of hydrogen-bond donors (Lipinski definition) is 3. The summed E-state index contributed by atoms with van der Waals surface area (Å²) in [5.41, 5.74) is 1.13. The molecule has 3 aromatic rings. The number of pyridine rings is 1. The van der Waals surface area contributed by atoms with E-state index < -0.39 is 11.8 Å². The molecule has 0 atom stereocenters. The highest BCUT2D eigenvalue weighted by Gasteiger charge is 2.23. The number of benzene rings is 1. The number of nitrogens with zero attached hydrogens (tertiary/aromatic N) is 2. The van der Waals surface area contributed by atoms with Gasteiger partial charge in [0.1, 0.15) is 16.4 Å². The van der Waals surface area contributed by atoms with Gasteiger partial charge in [-0.15, -0.1) is 11.3 Å². The summed E-state index contributed by atoms with van der Waals surface area (Å²) in [4.78, 5) is 34.3. The van der Waals surface area contributed by atoms with E-state index in [1.807, 2.05) is 12.4 Å². The second-order valence-electron chi connectivity index (χ2n) is 8.75. The first kappa shape index (κ1) is 29.2. The van der Waals surface area contributed by atoms with Gasteiger partial charge in [-0.05, 0) is 36.2 Å². The molecule has 0 aliphatic heterocycles. The maximum absolute atomic E-state index is 13.3. The van der Waals surface area contributed by atoms with Gasteiger partial charge in [-0.2, -0.15) is 0 Å². The second kappa shape index (κ2) is 13.4. The summed E-state index contributed by atoms with van der Waals surface area (Å²) >= 11 is 19.9. The highest BCUT2D eigenvalue weighted by atomic mass is 35.5. The van der Waals surface area contributed by atoms with Crippen LogP contribution in [0.25, 0.3) is 0 Å². The Kier molecular flexibility index (Phi) is 10.6. The molecule has 12 heteroatoms. The zero-order valence-corrected chi connectivity index (χ0v) is 24.0. The van der Waals surface area contributed by atoms with Gasteiger partial charge in [0, 0.05) is 36.8 Å². The standard InChI is InChI=1S/C25H28Cl3N5O3S/c1-32(2)8-5-9-33(3)13-15-14-37-23(21(15)28)25(35)31-22-18(10-17(27)11-19(22)36-4)24(34)30-20-7-6-16(26)12-29-20/h6-7,10-12,14H,5,8-9,13H2,1-4H3,(H,31,35)(H,29,30,34)/p+1. The van der Waals surface area contributed by atoms with Crippen molar-refractivity contribution in [3.05, 3.63) is 66.9 Å². The quantitative estimate of drug-likeness (QED) is 0.307. The highest BCUT2D eigenvalue weighted by molar-refractivity contribution is 7.13. The van der Waals surface area contributed by atoms with Crippen molar-refractivity contribution < 1.29 is 19.2 Å². The lowest BCUT2D eigenvalue weighted by molar-refractivity contribution is -0.858. The Morgan fingerprint density at radius 2 is 1.86 bits per heavy atom. The number of ether oxygens (including phenoxy) is 1.